The molecule has 1 rings (SSSR count). The lowest BCUT2D eigenvalue weighted by atomic mass is 10.1. The Morgan fingerprint density at radius 2 is 1.79 bits per heavy atom. The standard InChI is InChI=1S/C11H17FN2/c12-8-10-2-4-11(5-3-10)9-14-7-1-6-13/h2-5,14H,1,6-9,13H2. The van der Waals surface area contributed by atoms with Crippen LogP contribution in [0.4, 0.5) is 4.39 Å². The number of nitrogens with two attached hydrogens (primary N) is 1. The molecular formula is C11H17FN2. The van der Waals surface area contributed by atoms with Crippen molar-refractivity contribution in [2.45, 2.75) is 19.6 Å². The van der Waals surface area contributed by atoms with Crippen molar-refractivity contribution < 1.29 is 4.39 Å². The molecule has 0 bridgehead atoms. The number of benzene rings is 1. The molecule has 0 aliphatic heterocycles. The number of nitrogens with one attached hydrogen (secondary N) is 1. The van der Waals surface area contributed by atoms with Gasteiger partial charge in [-0.3, -0.25) is 0 Å². The molecule has 3 heteroatoms. The van der Waals surface area contributed by atoms with E-state index in [1.807, 2.05) is 24.3 Å². The zero-order valence-electron chi connectivity index (χ0n) is 8.30. The maximum Gasteiger partial charge on any atom is 0.115 e. The van der Waals surface area contributed by atoms with Crippen LogP contribution in [0.5, 0.6) is 0 Å². The number of halogens is 1. The minimum Gasteiger partial charge on any atom is -0.330 e. The van der Waals surface area contributed by atoms with Crippen LogP contribution in [0.15, 0.2) is 24.3 Å². The molecule has 78 valence electrons. The highest BCUT2D eigenvalue weighted by Crippen LogP contribution is 2.05. The molecule has 2 nitrogen and oxygen atoms in total. The molecule has 14 heavy (non-hydrogen) atoms. The quantitative estimate of drug-likeness (QED) is 0.678. The SMILES string of the molecule is NCCCNCc1ccc(CF)cc1. The summed E-state index contributed by atoms with van der Waals surface area (Å²) in [5.41, 5.74) is 7.28. The minimum absolute atomic E-state index is 0.388. The second kappa shape index (κ2) is 6.51. The molecule has 1 aromatic carbocycles. The monoisotopic (exact) mass is 196 g/mol. The first-order chi connectivity index (χ1) is 6.86. The molecular weight excluding hydrogens is 179 g/mol. The Balaban J connectivity index is 2.29. The smallest absolute Gasteiger partial charge is 0.115 e. The third-order valence-corrected chi connectivity index (χ3v) is 2.06. The first-order valence-electron chi connectivity index (χ1n) is 4.91. The van der Waals surface area contributed by atoms with Gasteiger partial charge in [-0.2, -0.15) is 0 Å². The summed E-state index contributed by atoms with van der Waals surface area (Å²) >= 11 is 0. The highest BCUT2D eigenvalue weighted by molar-refractivity contribution is 5.21. The number of rotatable bonds is 6. The van der Waals surface area contributed by atoms with Crippen LogP contribution in [-0.4, -0.2) is 13.1 Å². The Bertz CT molecular complexity index is 246. The van der Waals surface area contributed by atoms with Gasteiger partial charge in [0.25, 0.3) is 0 Å². The molecule has 0 spiro atoms. The van der Waals surface area contributed by atoms with E-state index < -0.39 is 0 Å². The first-order valence-corrected chi connectivity index (χ1v) is 4.91. The van der Waals surface area contributed by atoms with Crippen molar-refractivity contribution in [1.29, 1.82) is 0 Å². The van der Waals surface area contributed by atoms with Gasteiger partial charge >= 0.3 is 0 Å². The molecule has 0 radical (unpaired) electrons. The van der Waals surface area contributed by atoms with Crippen molar-refractivity contribution in [1.82, 2.24) is 5.32 Å². The summed E-state index contributed by atoms with van der Waals surface area (Å²) in [5.74, 6) is 0. The van der Waals surface area contributed by atoms with Gasteiger partial charge < -0.3 is 11.1 Å². The van der Waals surface area contributed by atoms with E-state index in [1.165, 1.54) is 5.56 Å². The van der Waals surface area contributed by atoms with E-state index in [2.05, 4.69) is 5.32 Å². The lowest BCUT2D eigenvalue weighted by Crippen LogP contribution is -2.17. The Labute approximate surface area is 84.3 Å². The van der Waals surface area contributed by atoms with Crippen molar-refractivity contribution in [2.24, 2.45) is 5.73 Å². The average Bonchev–Trinajstić information content (AvgIpc) is 2.25. The number of hydrogen-bond donors (Lipinski definition) is 2. The third kappa shape index (κ3) is 3.85. The minimum atomic E-state index is -0.388. The van der Waals surface area contributed by atoms with Gasteiger partial charge in [-0.1, -0.05) is 24.3 Å². The van der Waals surface area contributed by atoms with Crippen molar-refractivity contribution >= 4 is 0 Å². The zero-order chi connectivity index (χ0) is 10.2. The van der Waals surface area contributed by atoms with Crippen LogP contribution >= 0.6 is 0 Å². The Kier molecular flexibility index (Phi) is 5.19. The molecule has 0 atom stereocenters. The largest absolute Gasteiger partial charge is 0.330 e. The second-order valence-corrected chi connectivity index (χ2v) is 3.27. The maximum atomic E-state index is 12.2. The summed E-state index contributed by atoms with van der Waals surface area (Å²) < 4.78 is 12.2. The maximum absolute atomic E-state index is 12.2. The first kappa shape index (κ1) is 11.1. The van der Waals surface area contributed by atoms with Gasteiger partial charge in [0, 0.05) is 6.54 Å². The van der Waals surface area contributed by atoms with Gasteiger partial charge in [0.2, 0.25) is 0 Å². The lowest BCUT2D eigenvalue weighted by Gasteiger charge is -2.04. The fourth-order valence-corrected chi connectivity index (χ4v) is 1.21. The van der Waals surface area contributed by atoms with Crippen LogP contribution in [0, 0.1) is 0 Å². The second-order valence-electron chi connectivity index (χ2n) is 3.27. The predicted molar refractivity (Wildman–Crippen MR) is 56.6 cm³/mol. The highest BCUT2D eigenvalue weighted by Gasteiger charge is 1.93. The molecule has 1 aromatic rings. The molecule has 0 fully saturated rings. The van der Waals surface area contributed by atoms with Crippen LogP contribution in [-0.2, 0) is 13.2 Å². The topological polar surface area (TPSA) is 38.0 Å². The third-order valence-electron chi connectivity index (χ3n) is 2.06. The summed E-state index contributed by atoms with van der Waals surface area (Å²) in [5, 5.41) is 3.27. The van der Waals surface area contributed by atoms with Crippen LogP contribution in [0.25, 0.3) is 0 Å². The van der Waals surface area contributed by atoms with Gasteiger partial charge in [-0.15, -0.1) is 0 Å². The van der Waals surface area contributed by atoms with E-state index in [4.69, 9.17) is 5.73 Å². The molecule has 3 N–H and O–H groups in total. The summed E-state index contributed by atoms with van der Waals surface area (Å²) in [6, 6.07) is 7.54. The van der Waals surface area contributed by atoms with E-state index >= 15 is 0 Å². The van der Waals surface area contributed by atoms with Crippen LogP contribution < -0.4 is 11.1 Å². The van der Waals surface area contributed by atoms with E-state index in [0.29, 0.717) is 6.54 Å². The van der Waals surface area contributed by atoms with Crippen LogP contribution in [0.2, 0.25) is 0 Å². The van der Waals surface area contributed by atoms with E-state index in [0.717, 1.165) is 25.1 Å². The van der Waals surface area contributed by atoms with Gasteiger partial charge in [-0.05, 0) is 30.6 Å². The Morgan fingerprint density at radius 3 is 2.36 bits per heavy atom. The normalized spacial score (nSPS) is 10.4. The molecule has 0 aliphatic carbocycles. The molecule has 0 heterocycles. The van der Waals surface area contributed by atoms with Crippen LogP contribution in [0.3, 0.4) is 0 Å². The van der Waals surface area contributed by atoms with E-state index in [-0.39, 0.29) is 6.67 Å². The van der Waals surface area contributed by atoms with Gasteiger partial charge in [0.15, 0.2) is 0 Å². The van der Waals surface area contributed by atoms with Gasteiger partial charge in [0.1, 0.15) is 6.67 Å². The summed E-state index contributed by atoms with van der Waals surface area (Å²) in [7, 11) is 0. The predicted octanol–water partition coefficient (Wildman–Crippen LogP) is 1.59. The van der Waals surface area contributed by atoms with Gasteiger partial charge in [0.05, 0.1) is 0 Å². The fourth-order valence-electron chi connectivity index (χ4n) is 1.21. The van der Waals surface area contributed by atoms with Crippen molar-refractivity contribution in [3.8, 4) is 0 Å². The van der Waals surface area contributed by atoms with Gasteiger partial charge in [-0.25, -0.2) is 4.39 Å². The summed E-state index contributed by atoms with van der Waals surface area (Å²) in [4.78, 5) is 0. The average molecular weight is 196 g/mol. The fraction of sp³-hybridized carbons (Fsp3) is 0.455. The van der Waals surface area contributed by atoms with E-state index in [1.54, 1.807) is 0 Å². The zero-order valence-corrected chi connectivity index (χ0v) is 8.30. The molecule has 0 unspecified atom stereocenters. The summed E-state index contributed by atoms with van der Waals surface area (Å²) in [6.07, 6.45) is 0.989. The molecule has 0 saturated heterocycles. The highest BCUT2D eigenvalue weighted by atomic mass is 19.1. The molecule has 0 saturated carbocycles. The Morgan fingerprint density at radius 1 is 1.14 bits per heavy atom. The van der Waals surface area contributed by atoms with Crippen LogP contribution in [0.1, 0.15) is 17.5 Å². The lowest BCUT2D eigenvalue weighted by molar-refractivity contribution is 0.485. The number of alkyl halides is 1. The number of hydrogen-bond acceptors (Lipinski definition) is 2. The summed E-state index contributed by atoms with van der Waals surface area (Å²) in [6.45, 7) is 2.09. The van der Waals surface area contributed by atoms with E-state index in [9.17, 15) is 4.39 Å². The van der Waals surface area contributed by atoms with Crippen molar-refractivity contribution in [3.63, 3.8) is 0 Å². The molecule has 0 amide bonds. The Hall–Kier alpha value is -0.930. The van der Waals surface area contributed by atoms with Crippen molar-refractivity contribution in [2.75, 3.05) is 13.1 Å². The molecule has 0 aromatic heterocycles. The molecule has 0 aliphatic rings. The van der Waals surface area contributed by atoms with Crippen molar-refractivity contribution in [3.05, 3.63) is 35.4 Å².